The molecule has 1 amide bonds. The fraction of sp³-hybridized carbons (Fsp3) is 0.296. The first-order valence-corrected chi connectivity index (χ1v) is 11.7. The number of nitrogens with zero attached hydrogens (tertiary/aromatic N) is 4. The summed E-state index contributed by atoms with van der Waals surface area (Å²) in [5.41, 5.74) is 15.1. The third-order valence-electron chi connectivity index (χ3n) is 7.04. The van der Waals surface area contributed by atoms with Gasteiger partial charge in [-0.25, -0.2) is 9.97 Å². The monoisotopic (exact) mass is 454 g/mol. The minimum atomic E-state index is -0.395. The van der Waals surface area contributed by atoms with E-state index in [1.54, 1.807) is 0 Å². The molecule has 5 rings (SSSR count). The van der Waals surface area contributed by atoms with Gasteiger partial charge in [0, 0.05) is 61.2 Å². The topological polar surface area (TPSA) is 91.1 Å². The number of H-pyrrole nitrogens is 1. The van der Waals surface area contributed by atoms with Gasteiger partial charge in [-0.2, -0.15) is 0 Å². The molecular formula is C27H30N6O. The number of hydrogen-bond donors (Lipinski definition) is 2. The Bertz CT molecular complexity index is 1350. The summed E-state index contributed by atoms with van der Waals surface area (Å²) in [5.74, 6) is -0.395. The van der Waals surface area contributed by atoms with Gasteiger partial charge in [0.15, 0.2) is 5.65 Å². The summed E-state index contributed by atoms with van der Waals surface area (Å²) < 4.78 is 0. The molecule has 4 aromatic rings. The zero-order valence-corrected chi connectivity index (χ0v) is 19.9. The second kappa shape index (κ2) is 8.91. The zero-order chi connectivity index (χ0) is 23.8. The summed E-state index contributed by atoms with van der Waals surface area (Å²) in [5, 5.41) is 0. The van der Waals surface area contributed by atoms with Crippen LogP contribution in [0.15, 0.2) is 48.8 Å². The van der Waals surface area contributed by atoms with Crippen molar-refractivity contribution in [3.8, 4) is 11.3 Å². The van der Waals surface area contributed by atoms with E-state index in [1.807, 2.05) is 38.4 Å². The summed E-state index contributed by atoms with van der Waals surface area (Å²) in [6.45, 7) is 8.25. The lowest BCUT2D eigenvalue weighted by atomic mass is 9.94. The van der Waals surface area contributed by atoms with E-state index in [-0.39, 0.29) is 0 Å². The van der Waals surface area contributed by atoms with Gasteiger partial charge in [-0.3, -0.25) is 4.79 Å². The number of hydrogen-bond acceptors (Lipinski definition) is 5. The Morgan fingerprint density at radius 2 is 1.74 bits per heavy atom. The molecule has 7 nitrogen and oxygen atoms in total. The van der Waals surface area contributed by atoms with Crippen LogP contribution < -0.4 is 10.6 Å². The number of amides is 1. The fourth-order valence-corrected chi connectivity index (χ4v) is 4.66. The molecule has 0 saturated carbocycles. The Labute approximate surface area is 199 Å². The average molecular weight is 455 g/mol. The number of carbonyl (C=O) groups is 1. The lowest BCUT2D eigenvalue weighted by Crippen LogP contribution is -2.44. The van der Waals surface area contributed by atoms with Crippen LogP contribution >= 0.6 is 0 Å². The van der Waals surface area contributed by atoms with Crippen molar-refractivity contribution in [2.24, 2.45) is 5.73 Å². The molecule has 1 saturated heterocycles. The highest BCUT2D eigenvalue weighted by Crippen LogP contribution is 2.27. The number of nitrogens with two attached hydrogens (primary N) is 1. The molecule has 174 valence electrons. The average Bonchev–Trinajstić information content (AvgIpc) is 3.24. The van der Waals surface area contributed by atoms with E-state index in [0.717, 1.165) is 70.9 Å². The van der Waals surface area contributed by atoms with Crippen molar-refractivity contribution < 1.29 is 4.79 Å². The predicted octanol–water partition coefficient (Wildman–Crippen LogP) is 3.68. The highest BCUT2D eigenvalue weighted by Gasteiger charge is 2.16. The second-order valence-corrected chi connectivity index (χ2v) is 9.17. The van der Waals surface area contributed by atoms with Gasteiger partial charge in [-0.1, -0.05) is 18.2 Å². The molecule has 0 unspecified atom stereocenters. The summed E-state index contributed by atoms with van der Waals surface area (Å²) in [7, 11) is 2.17. The number of carbonyl (C=O) groups excluding carboxylic acids is 1. The number of aromatic nitrogens is 3. The van der Waals surface area contributed by atoms with Crippen LogP contribution in [0.5, 0.6) is 0 Å². The van der Waals surface area contributed by atoms with Crippen molar-refractivity contribution in [3.05, 3.63) is 76.6 Å². The number of primary amides is 1. The largest absolute Gasteiger partial charge is 0.369 e. The Kier molecular flexibility index (Phi) is 5.79. The molecule has 1 fully saturated rings. The van der Waals surface area contributed by atoms with Crippen LogP contribution in [0.2, 0.25) is 0 Å². The van der Waals surface area contributed by atoms with Crippen molar-refractivity contribution in [2.75, 3.05) is 38.1 Å². The summed E-state index contributed by atoms with van der Waals surface area (Å²) >= 11 is 0. The molecule has 1 aliphatic heterocycles. The molecule has 3 heterocycles. The molecule has 2 aromatic carbocycles. The van der Waals surface area contributed by atoms with E-state index in [4.69, 9.17) is 10.7 Å². The maximum absolute atomic E-state index is 11.7. The van der Waals surface area contributed by atoms with Gasteiger partial charge in [0.1, 0.15) is 5.52 Å². The third-order valence-corrected chi connectivity index (χ3v) is 7.04. The van der Waals surface area contributed by atoms with Gasteiger partial charge in [0.05, 0.1) is 11.9 Å². The zero-order valence-electron chi connectivity index (χ0n) is 19.9. The Morgan fingerprint density at radius 3 is 2.44 bits per heavy atom. The molecule has 0 bridgehead atoms. The van der Waals surface area contributed by atoms with Crippen molar-refractivity contribution in [2.45, 2.75) is 20.3 Å². The van der Waals surface area contributed by atoms with E-state index in [9.17, 15) is 4.79 Å². The minimum Gasteiger partial charge on any atom is -0.369 e. The van der Waals surface area contributed by atoms with Crippen molar-refractivity contribution >= 4 is 22.8 Å². The number of piperazine rings is 1. The van der Waals surface area contributed by atoms with Gasteiger partial charge < -0.3 is 20.5 Å². The highest BCUT2D eigenvalue weighted by molar-refractivity contribution is 5.94. The summed E-state index contributed by atoms with van der Waals surface area (Å²) in [6.07, 6.45) is 4.50. The van der Waals surface area contributed by atoms with Crippen LogP contribution in [0.1, 0.15) is 32.6 Å². The summed E-state index contributed by atoms with van der Waals surface area (Å²) in [4.78, 5) is 29.3. The molecule has 2 aromatic heterocycles. The molecule has 7 heteroatoms. The van der Waals surface area contributed by atoms with E-state index in [1.165, 1.54) is 5.69 Å². The number of benzene rings is 2. The highest BCUT2D eigenvalue weighted by atomic mass is 16.1. The first kappa shape index (κ1) is 22.1. The second-order valence-electron chi connectivity index (χ2n) is 9.17. The summed E-state index contributed by atoms with van der Waals surface area (Å²) in [6, 6.07) is 12.4. The normalized spacial score (nSPS) is 14.6. The Balaban J connectivity index is 1.41. The third kappa shape index (κ3) is 4.15. The van der Waals surface area contributed by atoms with Gasteiger partial charge in [-0.05, 0) is 55.8 Å². The van der Waals surface area contributed by atoms with E-state index >= 15 is 0 Å². The van der Waals surface area contributed by atoms with Crippen LogP contribution in [-0.4, -0.2) is 59.0 Å². The van der Waals surface area contributed by atoms with Crippen LogP contribution in [0.25, 0.3) is 22.4 Å². The number of anilines is 1. The number of nitrogens with one attached hydrogen (secondary N) is 1. The smallest absolute Gasteiger partial charge is 0.248 e. The molecule has 3 N–H and O–H groups in total. The fourth-order valence-electron chi connectivity index (χ4n) is 4.66. The van der Waals surface area contributed by atoms with Gasteiger partial charge in [-0.15, -0.1) is 0 Å². The molecule has 0 atom stereocenters. The van der Waals surface area contributed by atoms with Gasteiger partial charge in [0.2, 0.25) is 5.91 Å². The lowest BCUT2D eigenvalue weighted by Gasteiger charge is -2.34. The molecule has 34 heavy (non-hydrogen) atoms. The quantitative estimate of drug-likeness (QED) is 0.480. The number of fused-ring (bicyclic) bond motifs is 1. The minimum absolute atomic E-state index is 0.395. The molecular weight excluding hydrogens is 424 g/mol. The first-order chi connectivity index (χ1) is 16.4. The molecule has 0 radical (unpaired) electrons. The van der Waals surface area contributed by atoms with Gasteiger partial charge >= 0.3 is 0 Å². The van der Waals surface area contributed by atoms with Crippen molar-refractivity contribution in [1.82, 2.24) is 19.9 Å². The Hall–Kier alpha value is -3.71. The number of aromatic amines is 1. The van der Waals surface area contributed by atoms with Gasteiger partial charge in [0.25, 0.3) is 0 Å². The van der Waals surface area contributed by atoms with E-state index in [2.05, 4.69) is 51.1 Å². The maximum atomic E-state index is 11.7. The molecule has 0 spiro atoms. The van der Waals surface area contributed by atoms with Crippen LogP contribution in [0.4, 0.5) is 5.69 Å². The number of rotatable bonds is 5. The standard InChI is InChI=1S/C27H30N6O/c1-17-18(2)23(26(28)34)9-6-20(17)14-21-15-29-27-25(21)31-24(16-30-27)19-4-7-22(8-5-19)33-12-10-32(3)11-13-33/h4-9,15-16H,10-14H2,1-3H3,(H2,28,34)(H,29,30). The van der Waals surface area contributed by atoms with E-state index < -0.39 is 5.91 Å². The van der Waals surface area contributed by atoms with Crippen LogP contribution in [-0.2, 0) is 6.42 Å². The van der Waals surface area contributed by atoms with Crippen molar-refractivity contribution in [3.63, 3.8) is 0 Å². The van der Waals surface area contributed by atoms with E-state index in [0.29, 0.717) is 12.0 Å². The predicted molar refractivity (Wildman–Crippen MR) is 136 cm³/mol. The molecule has 1 aliphatic rings. The first-order valence-electron chi connectivity index (χ1n) is 11.7. The SMILES string of the molecule is Cc1c(Cc2c[nH]c3ncc(-c4ccc(N5CCN(C)CC5)cc4)nc23)ccc(C(N)=O)c1C. The van der Waals surface area contributed by atoms with Crippen LogP contribution in [0, 0.1) is 13.8 Å². The Morgan fingerprint density at radius 1 is 1.00 bits per heavy atom. The molecule has 0 aliphatic carbocycles. The van der Waals surface area contributed by atoms with Crippen LogP contribution in [0.3, 0.4) is 0 Å². The van der Waals surface area contributed by atoms with Crippen molar-refractivity contribution in [1.29, 1.82) is 0 Å². The lowest BCUT2D eigenvalue weighted by molar-refractivity contribution is 0.0999. The maximum Gasteiger partial charge on any atom is 0.248 e. The number of likely N-dealkylation sites (N-methyl/N-ethyl adjacent to an activating group) is 1.